The highest BCUT2D eigenvalue weighted by molar-refractivity contribution is 5.93. The molecule has 2 heterocycles. The number of hydrogen-bond acceptors (Lipinski definition) is 3. The highest BCUT2D eigenvalue weighted by atomic mass is 16.2. The van der Waals surface area contributed by atoms with Gasteiger partial charge in [-0.1, -0.05) is 45.6 Å². The number of rotatable bonds is 8. The van der Waals surface area contributed by atoms with Crippen LogP contribution in [0, 0.1) is 12.8 Å². The zero-order chi connectivity index (χ0) is 17.5. The largest absolute Gasteiger partial charge is 0.352 e. The summed E-state index contributed by atoms with van der Waals surface area (Å²) in [7, 11) is 0. The van der Waals surface area contributed by atoms with Crippen LogP contribution < -0.4 is 10.9 Å². The SMILES string of the molecule is Cc1ccc2ncc(C(=O)NCCCCCCC(C)C)c(=O)n2c1. The topological polar surface area (TPSA) is 63.5 Å². The summed E-state index contributed by atoms with van der Waals surface area (Å²) in [6.07, 6.45) is 8.79. The number of amides is 1. The standard InChI is InChI=1S/C19H27N3O2/c1-14(2)8-6-4-5-7-11-20-18(23)16-12-21-17-10-9-15(3)13-22(17)19(16)24/h9-10,12-14H,4-8,11H2,1-3H3,(H,20,23). The Balaban J connectivity index is 1.88. The molecule has 5 heteroatoms. The van der Waals surface area contributed by atoms with Crippen LogP contribution in [0.1, 0.15) is 61.9 Å². The van der Waals surface area contributed by atoms with Crippen LogP contribution in [-0.4, -0.2) is 21.8 Å². The molecule has 0 spiro atoms. The van der Waals surface area contributed by atoms with Gasteiger partial charge in [-0.25, -0.2) is 4.98 Å². The van der Waals surface area contributed by atoms with Crippen molar-refractivity contribution in [3.05, 3.63) is 46.0 Å². The van der Waals surface area contributed by atoms with E-state index < -0.39 is 0 Å². The highest BCUT2D eigenvalue weighted by Gasteiger charge is 2.12. The Morgan fingerprint density at radius 2 is 1.96 bits per heavy atom. The van der Waals surface area contributed by atoms with E-state index in [-0.39, 0.29) is 17.0 Å². The van der Waals surface area contributed by atoms with Crippen LogP contribution in [-0.2, 0) is 0 Å². The minimum absolute atomic E-state index is 0.0953. The van der Waals surface area contributed by atoms with Gasteiger partial charge in [0.25, 0.3) is 11.5 Å². The van der Waals surface area contributed by atoms with Crippen LogP contribution in [0.2, 0.25) is 0 Å². The van der Waals surface area contributed by atoms with E-state index in [4.69, 9.17) is 0 Å². The van der Waals surface area contributed by atoms with Gasteiger partial charge < -0.3 is 5.32 Å². The second-order valence-corrected chi connectivity index (χ2v) is 6.76. The zero-order valence-electron chi connectivity index (χ0n) is 14.8. The highest BCUT2D eigenvalue weighted by Crippen LogP contribution is 2.09. The molecule has 1 N–H and O–H groups in total. The summed E-state index contributed by atoms with van der Waals surface area (Å²) < 4.78 is 1.43. The molecular weight excluding hydrogens is 302 g/mol. The molecule has 24 heavy (non-hydrogen) atoms. The van der Waals surface area contributed by atoms with Gasteiger partial charge in [-0.2, -0.15) is 0 Å². The van der Waals surface area contributed by atoms with Crippen molar-refractivity contribution in [3.8, 4) is 0 Å². The molecule has 0 aromatic carbocycles. The first-order valence-corrected chi connectivity index (χ1v) is 8.75. The van der Waals surface area contributed by atoms with Crippen LogP contribution >= 0.6 is 0 Å². The quantitative estimate of drug-likeness (QED) is 0.756. The maximum Gasteiger partial charge on any atom is 0.270 e. The van der Waals surface area contributed by atoms with Gasteiger partial charge in [-0.05, 0) is 30.9 Å². The molecule has 5 nitrogen and oxygen atoms in total. The number of nitrogens with zero attached hydrogens (tertiary/aromatic N) is 2. The molecule has 0 unspecified atom stereocenters. The lowest BCUT2D eigenvalue weighted by molar-refractivity contribution is 0.0951. The van der Waals surface area contributed by atoms with Gasteiger partial charge in [0.1, 0.15) is 11.2 Å². The molecule has 0 radical (unpaired) electrons. The van der Waals surface area contributed by atoms with Crippen molar-refractivity contribution in [2.24, 2.45) is 5.92 Å². The predicted molar refractivity (Wildman–Crippen MR) is 96.5 cm³/mol. The maximum absolute atomic E-state index is 12.4. The molecule has 130 valence electrons. The lowest BCUT2D eigenvalue weighted by Gasteiger charge is -2.07. The van der Waals surface area contributed by atoms with E-state index in [1.54, 1.807) is 12.3 Å². The van der Waals surface area contributed by atoms with E-state index >= 15 is 0 Å². The Hall–Kier alpha value is -2.17. The Labute approximate surface area is 143 Å². The Morgan fingerprint density at radius 3 is 2.71 bits per heavy atom. The number of pyridine rings is 1. The predicted octanol–water partition coefficient (Wildman–Crippen LogP) is 3.34. The van der Waals surface area contributed by atoms with Crippen LogP contribution in [0.15, 0.2) is 29.3 Å². The monoisotopic (exact) mass is 329 g/mol. The molecule has 0 saturated carbocycles. The molecule has 0 aliphatic carbocycles. The molecule has 2 aromatic heterocycles. The van der Waals surface area contributed by atoms with E-state index in [1.807, 2.05) is 13.0 Å². The first-order valence-electron chi connectivity index (χ1n) is 8.75. The molecule has 1 amide bonds. The van der Waals surface area contributed by atoms with Crippen molar-refractivity contribution in [1.29, 1.82) is 0 Å². The Kier molecular flexibility index (Phi) is 6.53. The number of carbonyl (C=O) groups excluding carboxylic acids is 1. The van der Waals surface area contributed by atoms with Crippen molar-refractivity contribution in [3.63, 3.8) is 0 Å². The summed E-state index contributed by atoms with van der Waals surface area (Å²) in [4.78, 5) is 28.8. The number of nitrogens with one attached hydrogen (secondary N) is 1. The van der Waals surface area contributed by atoms with E-state index in [0.717, 1.165) is 24.3 Å². The molecule has 0 fully saturated rings. The first kappa shape index (κ1) is 18.2. The Bertz CT molecular complexity index is 750. The normalized spacial score (nSPS) is 11.2. The van der Waals surface area contributed by atoms with Gasteiger partial charge in [0.05, 0.1) is 0 Å². The van der Waals surface area contributed by atoms with E-state index in [1.165, 1.54) is 29.9 Å². The molecule has 2 aromatic rings. The van der Waals surface area contributed by atoms with Crippen LogP contribution in [0.25, 0.3) is 5.65 Å². The van der Waals surface area contributed by atoms with Gasteiger partial charge in [0, 0.05) is 18.9 Å². The number of aryl methyl sites for hydroxylation is 1. The summed E-state index contributed by atoms with van der Waals surface area (Å²) in [5, 5.41) is 2.83. The molecule has 2 rings (SSSR count). The average molecular weight is 329 g/mol. The minimum Gasteiger partial charge on any atom is -0.352 e. The van der Waals surface area contributed by atoms with Crippen molar-refractivity contribution >= 4 is 11.6 Å². The zero-order valence-corrected chi connectivity index (χ0v) is 14.8. The van der Waals surface area contributed by atoms with Gasteiger partial charge >= 0.3 is 0 Å². The minimum atomic E-state index is -0.342. The third-order valence-corrected chi connectivity index (χ3v) is 4.09. The van der Waals surface area contributed by atoms with Crippen LogP contribution in [0.4, 0.5) is 0 Å². The molecular formula is C19H27N3O2. The van der Waals surface area contributed by atoms with Gasteiger partial charge in [0.15, 0.2) is 0 Å². The summed E-state index contributed by atoms with van der Waals surface area (Å²) in [5.41, 5.74) is 1.27. The number of aromatic nitrogens is 2. The van der Waals surface area contributed by atoms with Gasteiger partial charge in [-0.15, -0.1) is 0 Å². The van der Waals surface area contributed by atoms with Gasteiger partial charge in [-0.3, -0.25) is 14.0 Å². The van der Waals surface area contributed by atoms with Crippen molar-refractivity contribution < 1.29 is 4.79 Å². The fourth-order valence-corrected chi connectivity index (χ4v) is 2.67. The molecule has 0 aliphatic rings. The Morgan fingerprint density at radius 1 is 1.21 bits per heavy atom. The second-order valence-electron chi connectivity index (χ2n) is 6.76. The average Bonchev–Trinajstić information content (AvgIpc) is 2.54. The van der Waals surface area contributed by atoms with E-state index in [0.29, 0.717) is 12.2 Å². The summed E-state index contributed by atoms with van der Waals surface area (Å²) >= 11 is 0. The summed E-state index contributed by atoms with van der Waals surface area (Å²) in [6, 6.07) is 3.66. The van der Waals surface area contributed by atoms with Crippen LogP contribution in [0.3, 0.4) is 0 Å². The third-order valence-electron chi connectivity index (χ3n) is 4.09. The summed E-state index contributed by atoms with van der Waals surface area (Å²) in [6.45, 7) is 6.96. The fraction of sp³-hybridized carbons (Fsp3) is 0.526. The summed E-state index contributed by atoms with van der Waals surface area (Å²) in [5.74, 6) is 0.410. The number of unbranched alkanes of at least 4 members (excludes halogenated alkanes) is 3. The maximum atomic E-state index is 12.4. The first-order chi connectivity index (χ1) is 11.5. The van der Waals surface area contributed by atoms with Crippen LogP contribution in [0.5, 0.6) is 0 Å². The molecule has 0 aliphatic heterocycles. The molecule has 0 saturated heterocycles. The lowest BCUT2D eigenvalue weighted by atomic mass is 10.0. The van der Waals surface area contributed by atoms with Gasteiger partial charge in [0.2, 0.25) is 0 Å². The number of carbonyl (C=O) groups is 1. The van der Waals surface area contributed by atoms with Crippen molar-refractivity contribution in [2.75, 3.05) is 6.54 Å². The fourth-order valence-electron chi connectivity index (χ4n) is 2.67. The third kappa shape index (κ3) is 4.91. The lowest BCUT2D eigenvalue weighted by Crippen LogP contribution is -2.32. The van der Waals surface area contributed by atoms with Crippen molar-refractivity contribution in [1.82, 2.24) is 14.7 Å². The number of fused-ring (bicyclic) bond motifs is 1. The molecule has 0 bridgehead atoms. The number of hydrogen-bond donors (Lipinski definition) is 1. The van der Waals surface area contributed by atoms with E-state index in [9.17, 15) is 9.59 Å². The molecule has 0 atom stereocenters. The smallest absolute Gasteiger partial charge is 0.270 e. The van der Waals surface area contributed by atoms with E-state index in [2.05, 4.69) is 24.1 Å². The van der Waals surface area contributed by atoms with Crippen molar-refractivity contribution in [2.45, 2.75) is 52.9 Å². The second kappa shape index (κ2) is 8.62.